The normalized spacial score (nSPS) is 16.0. The second-order valence-electron chi connectivity index (χ2n) is 7.63. The van der Waals surface area contributed by atoms with E-state index in [1.807, 2.05) is 36.4 Å². The van der Waals surface area contributed by atoms with Crippen LogP contribution in [0.25, 0.3) is 11.1 Å². The van der Waals surface area contributed by atoms with Crippen LogP contribution in [0.1, 0.15) is 37.3 Å². The number of aromatic nitrogens is 1. The van der Waals surface area contributed by atoms with Gasteiger partial charge in [-0.15, -0.1) is 0 Å². The molecule has 0 aliphatic carbocycles. The molecule has 152 valence electrons. The molecule has 1 atom stereocenters. The lowest BCUT2D eigenvalue weighted by Crippen LogP contribution is -2.40. The average molecular weight is 393 g/mol. The van der Waals surface area contributed by atoms with E-state index in [-0.39, 0.29) is 18.4 Å². The number of para-hydroxylation sites is 2. The largest absolute Gasteiger partial charge is 0.419 e. The number of hydrogen-bond donors (Lipinski definition) is 1. The maximum absolute atomic E-state index is 12.7. The minimum absolute atomic E-state index is 0.0559. The molecule has 1 aliphatic heterocycles. The second-order valence-corrected chi connectivity index (χ2v) is 7.63. The number of nitrogens with zero attached hydrogens (tertiary/aromatic N) is 2. The SMILES string of the molecule is O=C(CCn1c(=O)oc2ccccc21)NC(CN1CCCCC1)c1ccccc1. The van der Waals surface area contributed by atoms with Crippen LogP contribution in [0.3, 0.4) is 0 Å². The van der Waals surface area contributed by atoms with Gasteiger partial charge in [-0.1, -0.05) is 48.9 Å². The molecule has 29 heavy (non-hydrogen) atoms. The van der Waals surface area contributed by atoms with Gasteiger partial charge >= 0.3 is 5.76 Å². The summed E-state index contributed by atoms with van der Waals surface area (Å²) in [6.07, 6.45) is 3.94. The van der Waals surface area contributed by atoms with Crippen LogP contribution < -0.4 is 11.1 Å². The lowest BCUT2D eigenvalue weighted by molar-refractivity contribution is -0.122. The Morgan fingerprint density at radius 1 is 1.00 bits per heavy atom. The Morgan fingerprint density at radius 2 is 1.72 bits per heavy atom. The van der Waals surface area contributed by atoms with Crippen molar-refractivity contribution in [1.82, 2.24) is 14.8 Å². The van der Waals surface area contributed by atoms with Crippen molar-refractivity contribution in [2.75, 3.05) is 19.6 Å². The Hall–Kier alpha value is -2.86. The van der Waals surface area contributed by atoms with Gasteiger partial charge in [0.15, 0.2) is 5.58 Å². The van der Waals surface area contributed by atoms with Gasteiger partial charge in [-0.2, -0.15) is 0 Å². The molecule has 2 aromatic carbocycles. The zero-order valence-corrected chi connectivity index (χ0v) is 16.5. The van der Waals surface area contributed by atoms with Crippen LogP contribution >= 0.6 is 0 Å². The van der Waals surface area contributed by atoms with E-state index in [0.29, 0.717) is 12.1 Å². The molecule has 1 amide bonds. The third kappa shape index (κ3) is 4.77. The van der Waals surface area contributed by atoms with Gasteiger partial charge in [0.05, 0.1) is 11.6 Å². The number of amides is 1. The second kappa shape index (κ2) is 9.09. The molecule has 0 bridgehead atoms. The summed E-state index contributed by atoms with van der Waals surface area (Å²) >= 11 is 0. The van der Waals surface area contributed by atoms with Gasteiger partial charge in [0.1, 0.15) is 0 Å². The molecule has 1 aromatic heterocycles. The van der Waals surface area contributed by atoms with Crippen LogP contribution in [0, 0.1) is 0 Å². The molecule has 0 saturated carbocycles. The average Bonchev–Trinajstić information content (AvgIpc) is 3.08. The molecule has 0 spiro atoms. The van der Waals surface area contributed by atoms with Crippen molar-refractivity contribution in [3.05, 3.63) is 70.7 Å². The number of fused-ring (bicyclic) bond motifs is 1. The highest BCUT2D eigenvalue weighted by molar-refractivity contribution is 5.77. The first kappa shape index (κ1) is 19.5. The Balaban J connectivity index is 1.43. The smallest absolute Gasteiger partial charge is 0.408 e. The van der Waals surface area contributed by atoms with Crippen molar-refractivity contribution in [3.63, 3.8) is 0 Å². The fraction of sp³-hybridized carbons (Fsp3) is 0.391. The summed E-state index contributed by atoms with van der Waals surface area (Å²) in [5.41, 5.74) is 2.38. The van der Waals surface area contributed by atoms with E-state index < -0.39 is 5.76 Å². The van der Waals surface area contributed by atoms with E-state index in [9.17, 15) is 9.59 Å². The minimum Gasteiger partial charge on any atom is -0.408 e. The summed E-state index contributed by atoms with van der Waals surface area (Å²) in [7, 11) is 0. The van der Waals surface area contributed by atoms with Crippen LogP contribution in [0.4, 0.5) is 0 Å². The van der Waals surface area contributed by atoms with Gasteiger partial charge in [0.2, 0.25) is 5.91 Å². The van der Waals surface area contributed by atoms with Gasteiger partial charge in [-0.3, -0.25) is 9.36 Å². The quantitative estimate of drug-likeness (QED) is 0.669. The molecule has 3 aromatic rings. The molecular formula is C23H27N3O3. The summed E-state index contributed by atoms with van der Waals surface area (Å²) in [5.74, 6) is -0.486. The van der Waals surface area contributed by atoms with Crippen LogP contribution in [0.5, 0.6) is 0 Å². The van der Waals surface area contributed by atoms with Crippen molar-refractivity contribution < 1.29 is 9.21 Å². The zero-order chi connectivity index (χ0) is 20.1. The maximum Gasteiger partial charge on any atom is 0.419 e. The molecule has 4 rings (SSSR count). The summed E-state index contributed by atoms with van der Waals surface area (Å²) in [6.45, 7) is 3.27. The Labute approximate surface area is 170 Å². The summed E-state index contributed by atoms with van der Waals surface area (Å²) in [4.78, 5) is 27.3. The molecular weight excluding hydrogens is 366 g/mol. The van der Waals surface area contributed by atoms with Gasteiger partial charge < -0.3 is 14.6 Å². The third-order valence-corrected chi connectivity index (χ3v) is 5.56. The number of hydrogen-bond acceptors (Lipinski definition) is 4. The van der Waals surface area contributed by atoms with Crippen LogP contribution in [-0.4, -0.2) is 35.0 Å². The molecule has 1 aliphatic rings. The summed E-state index contributed by atoms with van der Waals surface area (Å²) in [6, 6.07) is 17.3. The number of rotatable bonds is 7. The highest BCUT2D eigenvalue weighted by Crippen LogP contribution is 2.18. The Bertz CT molecular complexity index is 1000. The topological polar surface area (TPSA) is 67.5 Å². The standard InChI is InChI=1S/C23H27N3O3/c27-22(13-16-26-20-11-5-6-12-21(20)29-23(26)28)24-19(18-9-3-1-4-10-18)17-25-14-7-2-8-15-25/h1,3-6,9-12,19H,2,7-8,13-17H2,(H,24,27). The zero-order valence-electron chi connectivity index (χ0n) is 16.5. The molecule has 1 N–H and O–H groups in total. The van der Waals surface area contributed by atoms with E-state index in [4.69, 9.17) is 4.42 Å². The Morgan fingerprint density at radius 3 is 2.52 bits per heavy atom. The summed E-state index contributed by atoms with van der Waals surface area (Å²) in [5, 5.41) is 3.18. The van der Waals surface area contributed by atoms with Crippen molar-refractivity contribution in [2.45, 2.75) is 38.3 Å². The molecule has 6 heteroatoms. The van der Waals surface area contributed by atoms with Crippen LogP contribution in [0.2, 0.25) is 0 Å². The minimum atomic E-state index is -0.424. The first-order valence-electron chi connectivity index (χ1n) is 10.4. The van der Waals surface area contributed by atoms with Gasteiger partial charge in [-0.05, 0) is 43.6 Å². The van der Waals surface area contributed by atoms with Crippen LogP contribution in [-0.2, 0) is 11.3 Å². The van der Waals surface area contributed by atoms with E-state index in [0.717, 1.165) is 30.7 Å². The fourth-order valence-corrected chi connectivity index (χ4v) is 4.03. The molecule has 2 heterocycles. The van der Waals surface area contributed by atoms with Gasteiger partial charge in [-0.25, -0.2) is 4.79 Å². The number of aryl methyl sites for hydroxylation is 1. The number of oxazole rings is 1. The van der Waals surface area contributed by atoms with Crippen molar-refractivity contribution in [1.29, 1.82) is 0 Å². The number of benzene rings is 2. The maximum atomic E-state index is 12.7. The van der Waals surface area contributed by atoms with Crippen molar-refractivity contribution in [3.8, 4) is 0 Å². The fourth-order valence-electron chi connectivity index (χ4n) is 4.03. The van der Waals surface area contributed by atoms with Gasteiger partial charge in [0, 0.05) is 19.5 Å². The van der Waals surface area contributed by atoms with E-state index in [1.165, 1.54) is 23.8 Å². The lowest BCUT2D eigenvalue weighted by atomic mass is 10.0. The monoisotopic (exact) mass is 393 g/mol. The first-order valence-corrected chi connectivity index (χ1v) is 10.4. The number of nitrogens with one attached hydrogen (secondary N) is 1. The molecule has 0 radical (unpaired) electrons. The van der Waals surface area contributed by atoms with Gasteiger partial charge in [0.25, 0.3) is 0 Å². The highest BCUT2D eigenvalue weighted by Gasteiger charge is 2.20. The number of likely N-dealkylation sites (tertiary alicyclic amines) is 1. The highest BCUT2D eigenvalue weighted by atomic mass is 16.4. The molecule has 1 saturated heterocycles. The Kier molecular flexibility index (Phi) is 6.10. The predicted octanol–water partition coefficient (Wildman–Crippen LogP) is 3.33. The number of carbonyl (C=O) groups is 1. The number of piperidine rings is 1. The number of carbonyl (C=O) groups excluding carboxylic acids is 1. The predicted molar refractivity (Wildman–Crippen MR) is 113 cm³/mol. The molecule has 1 fully saturated rings. The van der Waals surface area contributed by atoms with Crippen molar-refractivity contribution in [2.24, 2.45) is 0 Å². The van der Waals surface area contributed by atoms with E-state index in [2.05, 4.69) is 22.3 Å². The third-order valence-electron chi connectivity index (χ3n) is 5.56. The van der Waals surface area contributed by atoms with Crippen LogP contribution in [0.15, 0.2) is 63.8 Å². The first-order chi connectivity index (χ1) is 14.2. The molecule has 1 unspecified atom stereocenters. The molecule has 6 nitrogen and oxygen atoms in total. The van der Waals surface area contributed by atoms with E-state index in [1.54, 1.807) is 6.07 Å². The van der Waals surface area contributed by atoms with E-state index >= 15 is 0 Å². The summed E-state index contributed by atoms with van der Waals surface area (Å²) < 4.78 is 6.78. The van der Waals surface area contributed by atoms with Crippen molar-refractivity contribution >= 4 is 17.0 Å². The lowest BCUT2D eigenvalue weighted by Gasteiger charge is -2.31.